The minimum Gasteiger partial charge on any atom is -0.395 e. The molecule has 0 saturated heterocycles. The monoisotopic (exact) mass is 228 g/mol. The zero-order chi connectivity index (χ0) is 12.0. The van der Waals surface area contributed by atoms with Gasteiger partial charge in [-0.15, -0.1) is 0 Å². The summed E-state index contributed by atoms with van der Waals surface area (Å²) >= 11 is 0. The molecule has 1 amide bonds. The molecule has 0 unspecified atom stereocenters. The second kappa shape index (κ2) is 6.86. The number of likely N-dealkylation sites (N-methyl/N-ethyl adjacent to an activating group) is 1. The molecule has 4 heteroatoms. The van der Waals surface area contributed by atoms with Crippen LogP contribution >= 0.6 is 0 Å². The van der Waals surface area contributed by atoms with E-state index in [-0.39, 0.29) is 12.5 Å². The highest BCUT2D eigenvalue weighted by molar-refractivity contribution is 5.78. The number of hydrogen-bond donors (Lipinski definition) is 2. The zero-order valence-corrected chi connectivity index (χ0v) is 10.4. The molecular formula is C12H24N2O2. The van der Waals surface area contributed by atoms with Crippen molar-refractivity contribution in [2.75, 3.05) is 26.7 Å². The van der Waals surface area contributed by atoms with E-state index in [1.807, 2.05) is 11.9 Å². The van der Waals surface area contributed by atoms with Gasteiger partial charge in [0.1, 0.15) is 0 Å². The van der Waals surface area contributed by atoms with Crippen molar-refractivity contribution in [3.05, 3.63) is 0 Å². The Morgan fingerprint density at radius 1 is 1.44 bits per heavy atom. The number of hydrogen-bond acceptors (Lipinski definition) is 3. The van der Waals surface area contributed by atoms with Gasteiger partial charge in [-0.2, -0.15) is 0 Å². The van der Waals surface area contributed by atoms with E-state index in [1.165, 1.54) is 19.3 Å². The molecule has 0 aromatic carbocycles. The summed E-state index contributed by atoms with van der Waals surface area (Å²) in [5.74, 6) is 0.676. The van der Waals surface area contributed by atoms with Gasteiger partial charge in [0.2, 0.25) is 5.91 Å². The highest BCUT2D eigenvalue weighted by atomic mass is 16.3. The lowest BCUT2D eigenvalue weighted by Gasteiger charge is -2.30. The average molecular weight is 228 g/mol. The molecule has 2 atom stereocenters. The lowest BCUT2D eigenvalue weighted by Crippen LogP contribution is -2.45. The fraction of sp³-hybridized carbons (Fsp3) is 0.917. The average Bonchev–Trinajstić information content (AvgIpc) is 2.21. The van der Waals surface area contributed by atoms with Crippen molar-refractivity contribution in [2.45, 2.75) is 38.6 Å². The molecule has 0 aromatic rings. The molecule has 2 N–H and O–H groups in total. The Kier molecular flexibility index (Phi) is 5.77. The maximum Gasteiger partial charge on any atom is 0.234 e. The van der Waals surface area contributed by atoms with Crippen LogP contribution < -0.4 is 5.32 Å². The second-order valence-electron chi connectivity index (χ2n) is 4.90. The number of nitrogens with zero attached hydrogens (tertiary/aromatic N) is 1. The molecule has 0 aromatic heterocycles. The van der Waals surface area contributed by atoms with Gasteiger partial charge in [-0.05, 0) is 25.8 Å². The fourth-order valence-electron chi connectivity index (χ4n) is 2.28. The van der Waals surface area contributed by atoms with E-state index in [0.717, 1.165) is 6.42 Å². The normalized spacial score (nSPS) is 25.8. The Balaban J connectivity index is 2.27. The quantitative estimate of drug-likeness (QED) is 0.725. The van der Waals surface area contributed by atoms with Crippen LogP contribution in [0.5, 0.6) is 0 Å². The number of rotatable bonds is 5. The van der Waals surface area contributed by atoms with Crippen LogP contribution in [0.2, 0.25) is 0 Å². The predicted octanol–water partition coefficient (Wildman–Crippen LogP) is 0.605. The summed E-state index contributed by atoms with van der Waals surface area (Å²) in [6, 6.07) is 0.351. The van der Waals surface area contributed by atoms with E-state index in [4.69, 9.17) is 5.11 Å². The molecule has 1 rings (SSSR count). The summed E-state index contributed by atoms with van der Waals surface area (Å²) in [6.07, 6.45) is 4.84. The topological polar surface area (TPSA) is 52.6 Å². The maximum absolute atomic E-state index is 11.7. The number of carbonyl (C=O) groups is 1. The van der Waals surface area contributed by atoms with Crippen LogP contribution in [0.25, 0.3) is 0 Å². The Labute approximate surface area is 98.0 Å². The van der Waals surface area contributed by atoms with Crippen LogP contribution in [-0.2, 0) is 4.79 Å². The third-order valence-corrected chi connectivity index (χ3v) is 3.35. The largest absolute Gasteiger partial charge is 0.395 e. The highest BCUT2D eigenvalue weighted by Gasteiger charge is 2.22. The number of aliphatic hydroxyl groups is 1. The van der Waals surface area contributed by atoms with E-state index in [9.17, 15) is 4.79 Å². The van der Waals surface area contributed by atoms with Gasteiger partial charge in [0.15, 0.2) is 0 Å². The Bertz CT molecular complexity index is 221. The van der Waals surface area contributed by atoms with Crippen molar-refractivity contribution in [3.8, 4) is 0 Å². The first-order valence-electron chi connectivity index (χ1n) is 6.22. The first-order chi connectivity index (χ1) is 7.63. The molecule has 1 aliphatic carbocycles. The Hall–Kier alpha value is -0.610. The molecule has 1 saturated carbocycles. The van der Waals surface area contributed by atoms with Gasteiger partial charge >= 0.3 is 0 Å². The van der Waals surface area contributed by atoms with Crippen LogP contribution in [0.4, 0.5) is 0 Å². The number of amides is 1. The Morgan fingerprint density at radius 2 is 2.12 bits per heavy atom. The predicted molar refractivity (Wildman–Crippen MR) is 64.1 cm³/mol. The van der Waals surface area contributed by atoms with E-state index in [1.54, 1.807) is 0 Å². The van der Waals surface area contributed by atoms with Crippen molar-refractivity contribution >= 4 is 5.91 Å². The third-order valence-electron chi connectivity index (χ3n) is 3.35. The van der Waals surface area contributed by atoms with Gasteiger partial charge in [0, 0.05) is 12.6 Å². The van der Waals surface area contributed by atoms with Crippen molar-refractivity contribution in [3.63, 3.8) is 0 Å². The summed E-state index contributed by atoms with van der Waals surface area (Å²) in [6.45, 7) is 3.24. The molecule has 16 heavy (non-hydrogen) atoms. The lowest BCUT2D eigenvalue weighted by atomic mass is 9.86. The highest BCUT2D eigenvalue weighted by Crippen LogP contribution is 2.23. The Morgan fingerprint density at radius 3 is 2.75 bits per heavy atom. The summed E-state index contributed by atoms with van der Waals surface area (Å²) < 4.78 is 0. The van der Waals surface area contributed by atoms with Gasteiger partial charge < -0.3 is 10.4 Å². The van der Waals surface area contributed by atoms with E-state index >= 15 is 0 Å². The zero-order valence-electron chi connectivity index (χ0n) is 10.4. The first-order valence-corrected chi connectivity index (χ1v) is 6.22. The van der Waals surface area contributed by atoms with Crippen LogP contribution in [0.3, 0.4) is 0 Å². The van der Waals surface area contributed by atoms with Gasteiger partial charge in [-0.25, -0.2) is 0 Å². The minimum atomic E-state index is 0.0784. The van der Waals surface area contributed by atoms with Crippen molar-refractivity contribution in [1.82, 2.24) is 10.2 Å². The summed E-state index contributed by atoms with van der Waals surface area (Å²) in [4.78, 5) is 13.5. The summed E-state index contributed by atoms with van der Waals surface area (Å²) in [7, 11) is 1.85. The molecule has 0 spiro atoms. The fourth-order valence-corrected chi connectivity index (χ4v) is 2.28. The molecule has 1 fully saturated rings. The van der Waals surface area contributed by atoms with Crippen molar-refractivity contribution in [2.24, 2.45) is 5.92 Å². The molecule has 94 valence electrons. The number of carbonyl (C=O) groups excluding carboxylic acids is 1. The van der Waals surface area contributed by atoms with E-state index < -0.39 is 0 Å². The molecule has 4 nitrogen and oxygen atoms in total. The number of aliphatic hydroxyl groups excluding tert-OH is 1. The van der Waals surface area contributed by atoms with Crippen LogP contribution in [-0.4, -0.2) is 48.7 Å². The molecule has 0 radical (unpaired) electrons. The maximum atomic E-state index is 11.7. The van der Waals surface area contributed by atoms with Crippen LogP contribution in [0, 0.1) is 5.92 Å². The number of nitrogens with one attached hydrogen (secondary N) is 1. The van der Waals surface area contributed by atoms with E-state index in [2.05, 4.69) is 12.2 Å². The van der Waals surface area contributed by atoms with E-state index in [0.29, 0.717) is 25.0 Å². The standard InChI is InChI=1S/C12H24N2O2/c1-10-5-3-4-6-11(10)13-12(16)9-14(2)7-8-15/h10-11,15H,3-9H2,1-2H3,(H,13,16)/t10-,11-/m0/s1. The second-order valence-corrected chi connectivity index (χ2v) is 4.90. The smallest absolute Gasteiger partial charge is 0.234 e. The van der Waals surface area contributed by atoms with Crippen molar-refractivity contribution in [1.29, 1.82) is 0 Å². The van der Waals surface area contributed by atoms with Gasteiger partial charge in [-0.1, -0.05) is 19.8 Å². The SMILES string of the molecule is C[C@H]1CCCC[C@@H]1NC(=O)CN(C)CCO. The van der Waals surface area contributed by atoms with Crippen LogP contribution in [0.15, 0.2) is 0 Å². The third kappa shape index (κ3) is 4.49. The first kappa shape index (κ1) is 13.5. The molecule has 0 heterocycles. The summed E-state index contributed by atoms with van der Waals surface area (Å²) in [5, 5.41) is 11.8. The minimum absolute atomic E-state index is 0.0784. The van der Waals surface area contributed by atoms with Gasteiger partial charge in [0.05, 0.1) is 13.2 Å². The van der Waals surface area contributed by atoms with Crippen LogP contribution in [0.1, 0.15) is 32.6 Å². The molecule has 0 bridgehead atoms. The molecule has 0 aliphatic heterocycles. The van der Waals surface area contributed by atoms with Gasteiger partial charge in [-0.3, -0.25) is 9.69 Å². The summed E-state index contributed by atoms with van der Waals surface area (Å²) in [5.41, 5.74) is 0. The van der Waals surface area contributed by atoms with Crippen molar-refractivity contribution < 1.29 is 9.90 Å². The molecule has 1 aliphatic rings. The van der Waals surface area contributed by atoms with Gasteiger partial charge in [0.25, 0.3) is 0 Å². The lowest BCUT2D eigenvalue weighted by molar-refractivity contribution is -0.123. The molecular weight excluding hydrogens is 204 g/mol.